The van der Waals surface area contributed by atoms with Crippen molar-refractivity contribution in [3.05, 3.63) is 30.6 Å². The number of rotatable bonds is 5. The molecule has 2 aliphatic heterocycles. The molecule has 2 atom stereocenters. The number of pyridine rings is 2. The molecule has 0 aromatic carbocycles. The first kappa shape index (κ1) is 21.2. The summed E-state index contributed by atoms with van der Waals surface area (Å²) in [5.74, 6) is 1.71. The summed E-state index contributed by atoms with van der Waals surface area (Å²) in [5, 5.41) is 5.53. The minimum Gasteiger partial charge on any atom is -0.490 e. The van der Waals surface area contributed by atoms with Crippen molar-refractivity contribution in [3.8, 4) is 17.1 Å². The highest BCUT2D eigenvalue weighted by Crippen LogP contribution is 2.36. The van der Waals surface area contributed by atoms with Crippen LogP contribution >= 0.6 is 0 Å². The molecule has 3 aromatic heterocycles. The third-order valence-corrected chi connectivity index (χ3v) is 6.04. The zero-order chi connectivity index (χ0) is 22.1. The SMILES string of the molecule is CC(C)Oc1cc(N2CCOCC2C)nc2c(-c3ccnn3C3CCCCO3)nccc12. The van der Waals surface area contributed by atoms with E-state index in [1.165, 1.54) is 0 Å². The molecule has 5 rings (SSSR count). The first-order valence-electron chi connectivity index (χ1n) is 11.6. The number of hydrogen-bond donors (Lipinski definition) is 0. The lowest BCUT2D eigenvalue weighted by atomic mass is 10.1. The van der Waals surface area contributed by atoms with E-state index in [9.17, 15) is 0 Å². The van der Waals surface area contributed by atoms with Crippen LogP contribution in [0.3, 0.4) is 0 Å². The van der Waals surface area contributed by atoms with Crippen molar-refractivity contribution in [3.63, 3.8) is 0 Å². The summed E-state index contributed by atoms with van der Waals surface area (Å²) in [6, 6.07) is 6.26. The molecule has 2 saturated heterocycles. The summed E-state index contributed by atoms with van der Waals surface area (Å²) >= 11 is 0. The summed E-state index contributed by atoms with van der Waals surface area (Å²) in [7, 11) is 0. The quantitative estimate of drug-likeness (QED) is 0.592. The van der Waals surface area contributed by atoms with Gasteiger partial charge < -0.3 is 19.1 Å². The lowest BCUT2D eigenvalue weighted by Gasteiger charge is -2.34. The fourth-order valence-corrected chi connectivity index (χ4v) is 4.51. The number of hydrogen-bond acceptors (Lipinski definition) is 7. The molecule has 170 valence electrons. The van der Waals surface area contributed by atoms with E-state index in [1.54, 1.807) is 0 Å². The van der Waals surface area contributed by atoms with Crippen molar-refractivity contribution in [1.82, 2.24) is 19.7 Å². The van der Waals surface area contributed by atoms with Gasteiger partial charge in [0.2, 0.25) is 0 Å². The van der Waals surface area contributed by atoms with Crippen LogP contribution in [0.1, 0.15) is 46.3 Å². The molecule has 3 aromatic rings. The van der Waals surface area contributed by atoms with Gasteiger partial charge in [0.25, 0.3) is 0 Å². The maximum Gasteiger partial charge on any atom is 0.150 e. The molecule has 2 aliphatic rings. The van der Waals surface area contributed by atoms with Crippen molar-refractivity contribution in [2.45, 2.75) is 58.4 Å². The number of aromatic nitrogens is 4. The lowest BCUT2D eigenvalue weighted by molar-refractivity contribution is -0.0383. The second-order valence-electron chi connectivity index (χ2n) is 8.80. The van der Waals surface area contributed by atoms with E-state index in [0.29, 0.717) is 13.2 Å². The Morgan fingerprint density at radius 2 is 2.06 bits per heavy atom. The molecule has 0 bridgehead atoms. The zero-order valence-electron chi connectivity index (χ0n) is 19.0. The first-order chi connectivity index (χ1) is 15.6. The molecule has 5 heterocycles. The van der Waals surface area contributed by atoms with Gasteiger partial charge in [-0.1, -0.05) is 0 Å². The standard InChI is InChI=1S/C24H31N5O3/c1-16(2)32-20-14-21(28-11-13-30-15-17(28)3)27-23-18(20)7-9-25-24(23)19-8-10-26-29(19)22-6-4-5-12-31-22/h7-10,14,16-17,22H,4-6,11-13,15H2,1-3H3. The van der Waals surface area contributed by atoms with Gasteiger partial charge in [0, 0.05) is 37.0 Å². The van der Waals surface area contributed by atoms with E-state index in [4.69, 9.17) is 24.2 Å². The molecule has 0 N–H and O–H groups in total. The number of nitrogens with zero attached hydrogens (tertiary/aromatic N) is 5. The van der Waals surface area contributed by atoms with Crippen LogP contribution in [0.15, 0.2) is 30.6 Å². The Morgan fingerprint density at radius 1 is 1.16 bits per heavy atom. The number of ether oxygens (including phenoxy) is 3. The van der Waals surface area contributed by atoms with Gasteiger partial charge in [-0.3, -0.25) is 4.98 Å². The Kier molecular flexibility index (Phi) is 5.97. The summed E-state index contributed by atoms with van der Waals surface area (Å²) in [5.41, 5.74) is 2.53. The fourth-order valence-electron chi connectivity index (χ4n) is 4.51. The minimum atomic E-state index is -0.0698. The lowest BCUT2D eigenvalue weighted by Crippen LogP contribution is -2.44. The third-order valence-electron chi connectivity index (χ3n) is 6.04. The predicted octanol–water partition coefficient (Wildman–Crippen LogP) is 4.20. The molecule has 2 unspecified atom stereocenters. The maximum atomic E-state index is 6.24. The number of morpholine rings is 1. The summed E-state index contributed by atoms with van der Waals surface area (Å²) in [4.78, 5) is 12.1. The monoisotopic (exact) mass is 437 g/mol. The highest BCUT2D eigenvalue weighted by molar-refractivity contribution is 5.95. The van der Waals surface area contributed by atoms with Crippen LogP contribution < -0.4 is 9.64 Å². The second-order valence-corrected chi connectivity index (χ2v) is 8.80. The Hall–Kier alpha value is -2.71. The molecule has 0 saturated carbocycles. The van der Waals surface area contributed by atoms with Crippen LogP contribution in [0.2, 0.25) is 0 Å². The van der Waals surface area contributed by atoms with E-state index >= 15 is 0 Å². The van der Waals surface area contributed by atoms with Gasteiger partial charge in [0.15, 0.2) is 6.23 Å². The van der Waals surface area contributed by atoms with Gasteiger partial charge >= 0.3 is 0 Å². The molecule has 0 aliphatic carbocycles. The van der Waals surface area contributed by atoms with E-state index in [0.717, 1.165) is 66.3 Å². The second kappa shape index (κ2) is 9.03. The Morgan fingerprint density at radius 3 is 2.84 bits per heavy atom. The van der Waals surface area contributed by atoms with Crippen molar-refractivity contribution in [1.29, 1.82) is 0 Å². The summed E-state index contributed by atoms with van der Waals surface area (Å²) in [6.45, 7) is 9.18. The van der Waals surface area contributed by atoms with Gasteiger partial charge in [-0.25, -0.2) is 9.67 Å². The summed E-state index contributed by atoms with van der Waals surface area (Å²) < 4.78 is 19.8. The Bertz CT molecular complexity index is 1080. The van der Waals surface area contributed by atoms with Crippen LogP contribution in [0.4, 0.5) is 5.82 Å². The average Bonchev–Trinajstić information content (AvgIpc) is 3.29. The molecule has 0 spiro atoms. The molecule has 32 heavy (non-hydrogen) atoms. The molecule has 2 fully saturated rings. The van der Waals surface area contributed by atoms with Gasteiger partial charge in [-0.05, 0) is 52.2 Å². The van der Waals surface area contributed by atoms with Crippen molar-refractivity contribution >= 4 is 16.7 Å². The molecule has 8 heteroatoms. The highest BCUT2D eigenvalue weighted by atomic mass is 16.5. The van der Waals surface area contributed by atoms with Gasteiger partial charge in [-0.15, -0.1) is 0 Å². The first-order valence-corrected chi connectivity index (χ1v) is 11.6. The largest absolute Gasteiger partial charge is 0.490 e. The van der Waals surface area contributed by atoms with Crippen molar-refractivity contribution < 1.29 is 14.2 Å². The minimum absolute atomic E-state index is 0.0494. The van der Waals surface area contributed by atoms with Gasteiger partial charge in [0.1, 0.15) is 22.8 Å². The van der Waals surface area contributed by atoms with Crippen LogP contribution in [0.5, 0.6) is 5.75 Å². The zero-order valence-corrected chi connectivity index (χ0v) is 19.0. The van der Waals surface area contributed by atoms with Gasteiger partial charge in [0.05, 0.1) is 31.1 Å². The van der Waals surface area contributed by atoms with Crippen LogP contribution in [0, 0.1) is 0 Å². The van der Waals surface area contributed by atoms with E-state index in [-0.39, 0.29) is 18.4 Å². The molecular weight excluding hydrogens is 406 g/mol. The fraction of sp³-hybridized carbons (Fsp3) is 0.542. The van der Waals surface area contributed by atoms with Crippen molar-refractivity contribution in [2.24, 2.45) is 0 Å². The van der Waals surface area contributed by atoms with Crippen molar-refractivity contribution in [2.75, 3.05) is 31.3 Å². The van der Waals surface area contributed by atoms with E-state index in [2.05, 4.69) is 23.0 Å². The topological polar surface area (TPSA) is 74.5 Å². The average molecular weight is 438 g/mol. The summed E-state index contributed by atoms with van der Waals surface area (Å²) in [6.07, 6.45) is 6.79. The van der Waals surface area contributed by atoms with E-state index < -0.39 is 0 Å². The molecular formula is C24H31N5O3. The van der Waals surface area contributed by atoms with Crippen LogP contribution in [-0.4, -0.2) is 58.3 Å². The Labute approximate surface area is 188 Å². The number of fused-ring (bicyclic) bond motifs is 1. The van der Waals surface area contributed by atoms with Crippen LogP contribution in [-0.2, 0) is 9.47 Å². The predicted molar refractivity (Wildman–Crippen MR) is 123 cm³/mol. The molecule has 0 radical (unpaired) electrons. The normalized spacial score (nSPS) is 21.9. The third kappa shape index (κ3) is 4.04. The van der Waals surface area contributed by atoms with Gasteiger partial charge in [-0.2, -0.15) is 5.10 Å². The number of anilines is 1. The molecule has 8 nitrogen and oxygen atoms in total. The maximum absolute atomic E-state index is 6.24. The Balaban J connectivity index is 1.66. The highest BCUT2D eigenvalue weighted by Gasteiger charge is 2.25. The smallest absolute Gasteiger partial charge is 0.150 e. The van der Waals surface area contributed by atoms with Crippen LogP contribution in [0.25, 0.3) is 22.3 Å². The van der Waals surface area contributed by atoms with E-state index in [1.807, 2.05) is 43.1 Å². The molecule has 0 amide bonds.